The molecule has 0 aromatic carbocycles. The first kappa shape index (κ1) is 13.1. The highest BCUT2D eigenvalue weighted by Crippen LogP contribution is 2.22. The zero-order chi connectivity index (χ0) is 12.8. The Morgan fingerprint density at radius 3 is 2.61 bits per heavy atom. The van der Waals surface area contributed by atoms with Crippen molar-refractivity contribution < 1.29 is 0 Å². The predicted molar refractivity (Wildman–Crippen MR) is 75.1 cm³/mol. The summed E-state index contributed by atoms with van der Waals surface area (Å²) in [6, 6.07) is 2.59. The molecule has 0 unspecified atom stereocenters. The number of aryl methyl sites for hydroxylation is 1. The molecule has 1 saturated carbocycles. The minimum absolute atomic E-state index is 0.587. The molecule has 0 spiro atoms. The van der Waals surface area contributed by atoms with Crippen molar-refractivity contribution in [3.8, 4) is 0 Å². The van der Waals surface area contributed by atoms with E-state index in [2.05, 4.69) is 25.9 Å². The second kappa shape index (κ2) is 6.54. The molecule has 1 aromatic heterocycles. The molecule has 100 valence electrons. The summed E-state index contributed by atoms with van der Waals surface area (Å²) in [4.78, 5) is 8.84. The predicted octanol–water partition coefficient (Wildman–Crippen LogP) is 1.77. The van der Waals surface area contributed by atoms with E-state index in [1.54, 1.807) is 0 Å². The first-order valence-electron chi connectivity index (χ1n) is 6.78. The second-order valence-corrected chi connectivity index (χ2v) is 4.84. The summed E-state index contributed by atoms with van der Waals surface area (Å²) in [6.45, 7) is 3.73. The van der Waals surface area contributed by atoms with Gasteiger partial charge in [-0.1, -0.05) is 12.8 Å². The van der Waals surface area contributed by atoms with E-state index in [0.717, 1.165) is 30.5 Å². The first-order chi connectivity index (χ1) is 8.78. The van der Waals surface area contributed by atoms with Crippen LogP contribution in [0.3, 0.4) is 0 Å². The smallest absolute Gasteiger partial charge is 0.132 e. The topological polar surface area (TPSA) is 61.9 Å². The Morgan fingerprint density at radius 2 is 1.89 bits per heavy atom. The van der Waals surface area contributed by atoms with Crippen LogP contribution in [-0.2, 0) is 0 Å². The van der Waals surface area contributed by atoms with Crippen LogP contribution in [0.2, 0.25) is 0 Å². The van der Waals surface area contributed by atoms with Crippen LogP contribution in [0.1, 0.15) is 31.5 Å². The fraction of sp³-hybridized carbons (Fsp3) is 0.692. The van der Waals surface area contributed by atoms with Crippen LogP contribution in [0, 0.1) is 6.92 Å². The lowest BCUT2D eigenvalue weighted by molar-refractivity contribution is 0.748. The fourth-order valence-corrected chi connectivity index (χ4v) is 2.33. The normalized spacial score (nSPS) is 15.9. The van der Waals surface area contributed by atoms with Gasteiger partial charge in [-0.2, -0.15) is 0 Å². The van der Waals surface area contributed by atoms with Crippen LogP contribution in [0.5, 0.6) is 0 Å². The van der Waals surface area contributed by atoms with E-state index >= 15 is 0 Å². The van der Waals surface area contributed by atoms with Gasteiger partial charge in [0.25, 0.3) is 0 Å². The van der Waals surface area contributed by atoms with Gasteiger partial charge in [0, 0.05) is 25.2 Å². The van der Waals surface area contributed by atoms with Crippen molar-refractivity contribution in [1.29, 1.82) is 0 Å². The molecule has 0 amide bonds. The third kappa shape index (κ3) is 3.84. The molecule has 1 aliphatic carbocycles. The maximum Gasteiger partial charge on any atom is 0.132 e. The minimum atomic E-state index is 0.587. The van der Waals surface area contributed by atoms with E-state index < -0.39 is 0 Å². The van der Waals surface area contributed by atoms with Crippen molar-refractivity contribution in [1.82, 2.24) is 15.3 Å². The number of rotatable bonds is 6. The Morgan fingerprint density at radius 1 is 1.17 bits per heavy atom. The van der Waals surface area contributed by atoms with E-state index in [4.69, 9.17) is 0 Å². The van der Waals surface area contributed by atoms with E-state index in [1.807, 2.05) is 20.0 Å². The molecule has 1 aliphatic rings. The lowest BCUT2D eigenvalue weighted by atomic mass is 10.2. The molecule has 1 fully saturated rings. The molecule has 2 rings (SSSR count). The van der Waals surface area contributed by atoms with Crippen LogP contribution < -0.4 is 16.0 Å². The molecule has 1 heterocycles. The minimum Gasteiger partial charge on any atom is -0.369 e. The van der Waals surface area contributed by atoms with Crippen LogP contribution in [0.25, 0.3) is 0 Å². The quantitative estimate of drug-likeness (QED) is 0.671. The van der Waals surface area contributed by atoms with Gasteiger partial charge in [-0.3, -0.25) is 0 Å². The summed E-state index contributed by atoms with van der Waals surface area (Å²) in [7, 11) is 1.94. The van der Waals surface area contributed by atoms with E-state index in [9.17, 15) is 0 Å². The van der Waals surface area contributed by atoms with E-state index in [-0.39, 0.29) is 0 Å². The van der Waals surface area contributed by atoms with Crippen molar-refractivity contribution in [3.05, 3.63) is 11.9 Å². The van der Waals surface area contributed by atoms with Gasteiger partial charge in [0.15, 0.2) is 0 Å². The summed E-state index contributed by atoms with van der Waals surface area (Å²) < 4.78 is 0. The number of nitrogens with zero attached hydrogens (tertiary/aromatic N) is 2. The summed E-state index contributed by atoms with van der Waals surface area (Å²) in [5.74, 6) is 2.66. The molecule has 0 bridgehead atoms. The molecule has 0 saturated heterocycles. The lowest BCUT2D eigenvalue weighted by Gasteiger charge is -2.14. The van der Waals surface area contributed by atoms with Gasteiger partial charge in [-0.25, -0.2) is 9.97 Å². The average Bonchev–Trinajstić information content (AvgIpc) is 2.81. The molecule has 0 atom stereocenters. The van der Waals surface area contributed by atoms with Gasteiger partial charge in [0.1, 0.15) is 17.5 Å². The molecule has 18 heavy (non-hydrogen) atoms. The second-order valence-electron chi connectivity index (χ2n) is 4.84. The van der Waals surface area contributed by atoms with Crippen LogP contribution in [0.15, 0.2) is 6.07 Å². The Kier molecular flexibility index (Phi) is 4.75. The molecule has 0 radical (unpaired) electrons. The number of hydrogen-bond acceptors (Lipinski definition) is 5. The Hall–Kier alpha value is -1.36. The molecule has 1 aromatic rings. The zero-order valence-electron chi connectivity index (χ0n) is 11.3. The van der Waals surface area contributed by atoms with Crippen LogP contribution in [-0.4, -0.2) is 36.1 Å². The molecule has 0 aliphatic heterocycles. The first-order valence-corrected chi connectivity index (χ1v) is 6.78. The SMILES string of the molecule is CNCCNc1cc(NC2CCCC2)nc(C)n1. The fourth-order valence-electron chi connectivity index (χ4n) is 2.33. The molecular formula is C13H23N5. The van der Waals surface area contributed by atoms with Crippen molar-refractivity contribution in [2.45, 2.75) is 38.6 Å². The van der Waals surface area contributed by atoms with Crippen LogP contribution in [0.4, 0.5) is 11.6 Å². The van der Waals surface area contributed by atoms with Crippen molar-refractivity contribution in [3.63, 3.8) is 0 Å². The summed E-state index contributed by atoms with van der Waals surface area (Å²) in [6.07, 6.45) is 5.17. The summed E-state index contributed by atoms with van der Waals surface area (Å²) in [5.41, 5.74) is 0. The maximum absolute atomic E-state index is 4.45. The molecule has 3 N–H and O–H groups in total. The Bertz CT molecular complexity index is 374. The molecule has 5 nitrogen and oxygen atoms in total. The largest absolute Gasteiger partial charge is 0.369 e. The van der Waals surface area contributed by atoms with Crippen molar-refractivity contribution in [2.24, 2.45) is 0 Å². The maximum atomic E-state index is 4.45. The van der Waals surface area contributed by atoms with Crippen molar-refractivity contribution >= 4 is 11.6 Å². The highest BCUT2D eigenvalue weighted by molar-refractivity contribution is 5.48. The standard InChI is InChI=1S/C13H23N5/c1-10-16-12(15-8-7-14-2)9-13(17-10)18-11-5-3-4-6-11/h9,11,14H,3-8H2,1-2H3,(H2,15,16,17,18). The Balaban J connectivity index is 1.96. The molecule has 5 heteroatoms. The van der Waals surface area contributed by atoms with Gasteiger partial charge < -0.3 is 16.0 Å². The third-order valence-electron chi connectivity index (χ3n) is 3.23. The average molecular weight is 249 g/mol. The summed E-state index contributed by atoms with van der Waals surface area (Å²) >= 11 is 0. The monoisotopic (exact) mass is 249 g/mol. The highest BCUT2D eigenvalue weighted by atomic mass is 15.1. The number of nitrogens with one attached hydrogen (secondary N) is 3. The number of likely N-dealkylation sites (N-methyl/N-ethyl adjacent to an activating group) is 1. The van der Waals surface area contributed by atoms with Gasteiger partial charge in [0.2, 0.25) is 0 Å². The van der Waals surface area contributed by atoms with Gasteiger partial charge in [-0.05, 0) is 26.8 Å². The third-order valence-corrected chi connectivity index (χ3v) is 3.23. The lowest BCUT2D eigenvalue weighted by Crippen LogP contribution is -2.19. The van der Waals surface area contributed by atoms with Gasteiger partial charge in [0.05, 0.1) is 0 Å². The highest BCUT2D eigenvalue weighted by Gasteiger charge is 2.15. The number of aromatic nitrogens is 2. The Labute approximate surface area is 109 Å². The van der Waals surface area contributed by atoms with Gasteiger partial charge >= 0.3 is 0 Å². The van der Waals surface area contributed by atoms with E-state index in [0.29, 0.717) is 6.04 Å². The number of hydrogen-bond donors (Lipinski definition) is 3. The van der Waals surface area contributed by atoms with Gasteiger partial charge in [-0.15, -0.1) is 0 Å². The van der Waals surface area contributed by atoms with Crippen LogP contribution >= 0.6 is 0 Å². The molecular weight excluding hydrogens is 226 g/mol. The van der Waals surface area contributed by atoms with Crippen molar-refractivity contribution in [2.75, 3.05) is 30.8 Å². The zero-order valence-corrected chi connectivity index (χ0v) is 11.3. The van der Waals surface area contributed by atoms with E-state index in [1.165, 1.54) is 25.7 Å². The number of anilines is 2. The summed E-state index contributed by atoms with van der Waals surface area (Å²) in [5, 5.41) is 9.91.